The van der Waals surface area contributed by atoms with Gasteiger partial charge in [0.25, 0.3) is 0 Å². The van der Waals surface area contributed by atoms with Crippen LogP contribution < -0.4 is 20.9 Å². The minimum Gasteiger partial charge on any atom is -0.370 e. The Kier molecular flexibility index (Phi) is 7.83. The first-order chi connectivity index (χ1) is 13.6. The number of nitrogens with one attached hydrogen (secondary N) is 3. The van der Waals surface area contributed by atoms with Crippen LogP contribution in [0.15, 0.2) is 18.2 Å². The molecule has 0 aromatic heterocycles. The van der Waals surface area contributed by atoms with E-state index >= 15 is 0 Å². The van der Waals surface area contributed by atoms with Gasteiger partial charge in [0.1, 0.15) is 0 Å². The number of nitrogens with zero attached hydrogens (tertiary/aromatic N) is 1. The summed E-state index contributed by atoms with van der Waals surface area (Å²) in [7, 11) is 0. The van der Waals surface area contributed by atoms with Gasteiger partial charge in [-0.3, -0.25) is 4.79 Å². The summed E-state index contributed by atoms with van der Waals surface area (Å²) in [6.07, 6.45) is 9.07. The van der Waals surface area contributed by atoms with E-state index in [-0.39, 0.29) is 11.9 Å². The van der Waals surface area contributed by atoms with Crippen molar-refractivity contribution in [3.63, 3.8) is 0 Å². The van der Waals surface area contributed by atoms with E-state index in [9.17, 15) is 9.59 Å². The Morgan fingerprint density at radius 2 is 1.82 bits per heavy atom. The Hall–Kier alpha value is -1.95. The third kappa shape index (κ3) is 6.30. The third-order valence-corrected chi connectivity index (χ3v) is 5.72. The van der Waals surface area contributed by atoms with E-state index in [0.29, 0.717) is 30.5 Å². The summed E-state index contributed by atoms with van der Waals surface area (Å²) in [5, 5.41) is 9.48. The zero-order chi connectivity index (χ0) is 19.8. The molecule has 0 bridgehead atoms. The fraction of sp³-hybridized carbons (Fsp3) is 0.619. The van der Waals surface area contributed by atoms with Crippen molar-refractivity contribution in [2.24, 2.45) is 0 Å². The average molecular weight is 407 g/mol. The third-order valence-electron chi connectivity index (χ3n) is 5.49. The highest BCUT2D eigenvalue weighted by molar-refractivity contribution is 6.31. The molecule has 0 atom stereocenters. The first-order valence-corrected chi connectivity index (χ1v) is 10.9. The lowest BCUT2D eigenvalue weighted by Gasteiger charge is -2.23. The maximum absolute atomic E-state index is 12.4. The van der Waals surface area contributed by atoms with Gasteiger partial charge in [0.15, 0.2) is 0 Å². The van der Waals surface area contributed by atoms with Crippen molar-refractivity contribution < 1.29 is 9.59 Å². The van der Waals surface area contributed by atoms with E-state index in [1.54, 1.807) is 0 Å². The van der Waals surface area contributed by atoms with E-state index < -0.39 is 0 Å². The van der Waals surface area contributed by atoms with Crippen LogP contribution in [0.25, 0.3) is 0 Å². The highest BCUT2D eigenvalue weighted by atomic mass is 35.5. The summed E-state index contributed by atoms with van der Waals surface area (Å²) in [5.41, 5.74) is 1.79. The topological polar surface area (TPSA) is 73.5 Å². The summed E-state index contributed by atoms with van der Waals surface area (Å²) < 4.78 is 0. The lowest BCUT2D eigenvalue weighted by Crippen LogP contribution is -2.43. The van der Waals surface area contributed by atoms with Crippen molar-refractivity contribution >= 4 is 34.9 Å². The predicted molar refractivity (Wildman–Crippen MR) is 114 cm³/mol. The molecule has 3 N–H and O–H groups in total. The van der Waals surface area contributed by atoms with Crippen LogP contribution in [0.3, 0.4) is 0 Å². The molecule has 0 unspecified atom stereocenters. The van der Waals surface area contributed by atoms with Crippen molar-refractivity contribution in [2.45, 2.75) is 63.8 Å². The standard InChI is InChI=1S/C21H31ClN4O2/c22-16-10-11-19(26-13-4-5-14-26)18(15-16)25-20(27)9-6-12-23-21(28)24-17-7-2-1-3-8-17/h10-11,15,17H,1-9,12-14H2,(H,25,27)(H2,23,24,28). The molecule has 3 amide bonds. The molecule has 1 aromatic carbocycles. The summed E-state index contributed by atoms with van der Waals surface area (Å²) >= 11 is 6.12. The van der Waals surface area contributed by atoms with Gasteiger partial charge in [-0.1, -0.05) is 30.9 Å². The number of hydrogen-bond acceptors (Lipinski definition) is 3. The van der Waals surface area contributed by atoms with Gasteiger partial charge < -0.3 is 20.9 Å². The summed E-state index contributed by atoms with van der Waals surface area (Å²) in [6.45, 7) is 2.50. The number of benzene rings is 1. The zero-order valence-electron chi connectivity index (χ0n) is 16.4. The molecule has 1 heterocycles. The van der Waals surface area contributed by atoms with Crippen molar-refractivity contribution in [2.75, 3.05) is 29.9 Å². The number of amides is 3. The fourth-order valence-electron chi connectivity index (χ4n) is 3.99. The van der Waals surface area contributed by atoms with Gasteiger partial charge in [-0.15, -0.1) is 0 Å². The number of rotatable bonds is 7. The molecule has 0 spiro atoms. The molecule has 1 aliphatic carbocycles. The normalized spacial score (nSPS) is 17.4. The molecule has 154 valence electrons. The Labute approximate surface area is 172 Å². The molecule has 1 saturated carbocycles. The minimum absolute atomic E-state index is 0.0581. The van der Waals surface area contributed by atoms with E-state index in [0.717, 1.165) is 37.3 Å². The summed E-state index contributed by atoms with van der Waals surface area (Å²) in [4.78, 5) is 26.6. The second-order valence-corrected chi connectivity index (χ2v) is 8.18. The molecule has 1 aliphatic heterocycles. The maximum Gasteiger partial charge on any atom is 0.315 e. The van der Waals surface area contributed by atoms with Crippen molar-refractivity contribution in [3.8, 4) is 0 Å². The smallest absolute Gasteiger partial charge is 0.315 e. The molecule has 7 heteroatoms. The van der Waals surface area contributed by atoms with Crippen molar-refractivity contribution in [3.05, 3.63) is 23.2 Å². The van der Waals surface area contributed by atoms with Crippen LogP contribution in [0, 0.1) is 0 Å². The lowest BCUT2D eigenvalue weighted by atomic mass is 9.96. The highest BCUT2D eigenvalue weighted by Gasteiger charge is 2.18. The highest BCUT2D eigenvalue weighted by Crippen LogP contribution is 2.31. The molecular weight excluding hydrogens is 376 g/mol. The van der Waals surface area contributed by atoms with Crippen LogP contribution in [0.4, 0.5) is 16.2 Å². The maximum atomic E-state index is 12.4. The number of carbonyl (C=O) groups is 2. The molecule has 2 fully saturated rings. The Morgan fingerprint density at radius 3 is 2.57 bits per heavy atom. The lowest BCUT2D eigenvalue weighted by molar-refractivity contribution is -0.116. The average Bonchev–Trinajstić information content (AvgIpc) is 3.21. The number of halogens is 1. The van der Waals surface area contributed by atoms with E-state index in [4.69, 9.17) is 11.6 Å². The number of anilines is 2. The largest absolute Gasteiger partial charge is 0.370 e. The van der Waals surface area contributed by atoms with Crippen molar-refractivity contribution in [1.82, 2.24) is 10.6 Å². The fourth-order valence-corrected chi connectivity index (χ4v) is 4.16. The number of carbonyl (C=O) groups excluding carboxylic acids is 2. The SMILES string of the molecule is O=C(CCCNC(=O)NC1CCCCC1)Nc1cc(Cl)ccc1N1CCCC1. The van der Waals surface area contributed by atoms with Crippen LogP contribution in [0.5, 0.6) is 0 Å². The summed E-state index contributed by atoms with van der Waals surface area (Å²) in [5.74, 6) is -0.0581. The minimum atomic E-state index is -0.126. The van der Waals surface area contributed by atoms with Gasteiger partial charge in [0.05, 0.1) is 11.4 Å². The summed E-state index contributed by atoms with van der Waals surface area (Å²) in [6, 6.07) is 5.81. The molecular formula is C21H31ClN4O2. The molecule has 0 radical (unpaired) electrons. The number of urea groups is 1. The molecule has 6 nitrogen and oxygen atoms in total. The van der Waals surface area contributed by atoms with Gasteiger partial charge in [0.2, 0.25) is 5.91 Å². The van der Waals surface area contributed by atoms with Crippen LogP contribution in [-0.4, -0.2) is 37.6 Å². The van der Waals surface area contributed by atoms with Crippen LogP contribution in [0.2, 0.25) is 5.02 Å². The first-order valence-electron chi connectivity index (χ1n) is 10.5. The van der Waals surface area contributed by atoms with Gasteiger partial charge in [-0.2, -0.15) is 0 Å². The van der Waals surface area contributed by atoms with E-state index in [1.165, 1.54) is 32.1 Å². The Balaban J connectivity index is 1.39. The van der Waals surface area contributed by atoms with Gasteiger partial charge >= 0.3 is 6.03 Å². The van der Waals surface area contributed by atoms with E-state index in [1.807, 2.05) is 18.2 Å². The monoisotopic (exact) mass is 406 g/mol. The molecule has 1 aromatic rings. The Morgan fingerprint density at radius 1 is 1.07 bits per heavy atom. The molecule has 2 aliphatic rings. The van der Waals surface area contributed by atoms with Crippen molar-refractivity contribution in [1.29, 1.82) is 0 Å². The predicted octanol–water partition coefficient (Wildman–Crippen LogP) is 4.29. The quantitative estimate of drug-likeness (QED) is 0.591. The van der Waals surface area contributed by atoms with Crippen LogP contribution in [-0.2, 0) is 4.79 Å². The van der Waals surface area contributed by atoms with Crippen LogP contribution >= 0.6 is 11.6 Å². The van der Waals surface area contributed by atoms with Gasteiger partial charge in [0, 0.05) is 37.1 Å². The second kappa shape index (κ2) is 10.6. The van der Waals surface area contributed by atoms with Gasteiger partial charge in [-0.05, 0) is 50.3 Å². The zero-order valence-corrected chi connectivity index (χ0v) is 17.2. The molecule has 3 rings (SSSR count). The number of hydrogen-bond donors (Lipinski definition) is 3. The second-order valence-electron chi connectivity index (χ2n) is 7.74. The molecule has 1 saturated heterocycles. The first kappa shape index (κ1) is 20.8. The van der Waals surface area contributed by atoms with Gasteiger partial charge in [-0.25, -0.2) is 4.79 Å². The van der Waals surface area contributed by atoms with E-state index in [2.05, 4.69) is 20.9 Å². The Bertz CT molecular complexity index is 670. The van der Waals surface area contributed by atoms with Crippen LogP contribution in [0.1, 0.15) is 57.8 Å². The molecule has 28 heavy (non-hydrogen) atoms.